The Balaban J connectivity index is 1.61. The zero-order chi connectivity index (χ0) is 19.4. The van der Waals surface area contributed by atoms with Gasteiger partial charge in [-0.05, 0) is 48.4 Å². The predicted molar refractivity (Wildman–Crippen MR) is 111 cm³/mol. The number of carbonyl (C=O) groups excluding carboxylic acids is 2. The van der Waals surface area contributed by atoms with Gasteiger partial charge >= 0.3 is 0 Å². The van der Waals surface area contributed by atoms with Crippen molar-refractivity contribution >= 4 is 58.0 Å². The van der Waals surface area contributed by atoms with E-state index in [1.807, 2.05) is 19.1 Å². The van der Waals surface area contributed by atoms with Gasteiger partial charge in [0, 0.05) is 22.0 Å². The first-order chi connectivity index (χ1) is 12.9. The Kier molecular flexibility index (Phi) is 6.31. The number of halogens is 2. The van der Waals surface area contributed by atoms with E-state index in [0.717, 1.165) is 11.1 Å². The molecule has 1 amide bonds. The molecule has 0 spiro atoms. The van der Waals surface area contributed by atoms with Crippen LogP contribution in [0, 0.1) is 6.92 Å². The zero-order valence-corrected chi connectivity index (χ0v) is 16.6. The molecule has 1 unspecified atom stereocenters. The number of thioether (sulfide) groups is 1. The number of amides is 1. The van der Waals surface area contributed by atoms with Crippen molar-refractivity contribution < 1.29 is 9.59 Å². The molecule has 0 radical (unpaired) electrons. The van der Waals surface area contributed by atoms with Gasteiger partial charge < -0.3 is 5.32 Å². The average Bonchev–Trinajstić information content (AvgIpc) is 2.98. The Hall–Kier alpha value is -2.15. The molecule has 8 heteroatoms. The Morgan fingerprint density at radius 2 is 1.96 bits per heavy atom. The highest BCUT2D eigenvalue weighted by Gasteiger charge is 2.32. The lowest BCUT2D eigenvalue weighted by Gasteiger charge is -2.06. The van der Waals surface area contributed by atoms with Crippen LogP contribution in [-0.2, 0) is 4.79 Å². The second-order valence-electron chi connectivity index (χ2n) is 5.89. The van der Waals surface area contributed by atoms with Crippen molar-refractivity contribution in [2.45, 2.75) is 18.6 Å². The normalized spacial score (nSPS) is 18.3. The Bertz CT molecular complexity index is 942. The highest BCUT2D eigenvalue weighted by atomic mass is 35.5. The number of hydrogen-bond donors (Lipinski definition) is 1. The summed E-state index contributed by atoms with van der Waals surface area (Å²) in [5, 5.41) is 11.7. The van der Waals surface area contributed by atoms with Crippen LogP contribution in [0.4, 0.5) is 0 Å². The second kappa shape index (κ2) is 8.69. The van der Waals surface area contributed by atoms with E-state index in [1.165, 1.54) is 11.8 Å². The first-order valence-electron chi connectivity index (χ1n) is 8.06. The van der Waals surface area contributed by atoms with Gasteiger partial charge in [-0.15, -0.1) is 5.10 Å². The van der Waals surface area contributed by atoms with Gasteiger partial charge in [-0.25, -0.2) is 0 Å². The summed E-state index contributed by atoms with van der Waals surface area (Å²) >= 11 is 13.0. The topological polar surface area (TPSA) is 70.9 Å². The maximum Gasteiger partial charge on any atom is 0.240 e. The monoisotopic (exact) mass is 419 g/mol. The van der Waals surface area contributed by atoms with Gasteiger partial charge in [0.05, 0.1) is 11.5 Å². The van der Waals surface area contributed by atoms with Crippen molar-refractivity contribution in [3.8, 4) is 0 Å². The minimum Gasteiger partial charge on any atom is -0.303 e. The van der Waals surface area contributed by atoms with Crippen LogP contribution in [-0.4, -0.2) is 28.3 Å². The van der Waals surface area contributed by atoms with Gasteiger partial charge in [-0.3, -0.25) is 9.59 Å². The average molecular weight is 420 g/mol. The van der Waals surface area contributed by atoms with E-state index in [2.05, 4.69) is 15.5 Å². The van der Waals surface area contributed by atoms with Gasteiger partial charge in [0.25, 0.3) is 0 Å². The van der Waals surface area contributed by atoms with Gasteiger partial charge in [-0.1, -0.05) is 47.1 Å². The van der Waals surface area contributed by atoms with Gasteiger partial charge in [-0.2, -0.15) is 5.10 Å². The van der Waals surface area contributed by atoms with E-state index in [0.29, 0.717) is 20.8 Å². The summed E-state index contributed by atoms with van der Waals surface area (Å²) in [5.41, 5.74) is 2.20. The van der Waals surface area contributed by atoms with E-state index in [1.54, 1.807) is 36.5 Å². The van der Waals surface area contributed by atoms with Crippen molar-refractivity contribution in [2.24, 2.45) is 10.2 Å². The molecule has 0 bridgehead atoms. The van der Waals surface area contributed by atoms with Crippen LogP contribution in [0.2, 0.25) is 10.0 Å². The first kappa shape index (κ1) is 19.6. The molecule has 1 atom stereocenters. The molecule has 0 saturated carbocycles. The Labute approximate surface area is 170 Å². The molecule has 1 N–H and O–H groups in total. The lowest BCUT2D eigenvalue weighted by Crippen LogP contribution is -2.26. The first-order valence-corrected chi connectivity index (χ1v) is 9.69. The lowest BCUT2D eigenvalue weighted by atomic mass is 10.0. The van der Waals surface area contributed by atoms with Crippen LogP contribution in [0.25, 0.3) is 0 Å². The quantitative estimate of drug-likeness (QED) is 0.440. The summed E-state index contributed by atoms with van der Waals surface area (Å²) in [6.07, 6.45) is 1.64. The van der Waals surface area contributed by atoms with Gasteiger partial charge in [0.2, 0.25) is 5.91 Å². The predicted octanol–water partition coefficient (Wildman–Crippen LogP) is 4.50. The van der Waals surface area contributed by atoms with Crippen LogP contribution in [0.15, 0.2) is 52.7 Å². The van der Waals surface area contributed by atoms with Crippen LogP contribution in [0.1, 0.15) is 27.9 Å². The van der Waals surface area contributed by atoms with E-state index in [-0.39, 0.29) is 18.1 Å². The summed E-state index contributed by atoms with van der Waals surface area (Å²) in [6.45, 7) is 1.83. The fourth-order valence-corrected chi connectivity index (χ4v) is 3.56. The number of ketones is 1. The molecule has 2 aromatic carbocycles. The highest BCUT2D eigenvalue weighted by molar-refractivity contribution is 8.15. The van der Waals surface area contributed by atoms with E-state index >= 15 is 0 Å². The van der Waals surface area contributed by atoms with Crippen LogP contribution >= 0.6 is 35.0 Å². The highest BCUT2D eigenvalue weighted by Crippen LogP contribution is 2.25. The maximum absolute atomic E-state index is 12.4. The number of hydrogen-bond acceptors (Lipinski definition) is 5. The fraction of sp³-hybridized carbons (Fsp3) is 0.158. The van der Waals surface area contributed by atoms with Crippen LogP contribution < -0.4 is 5.32 Å². The number of carbonyl (C=O) groups is 2. The molecule has 2 aromatic rings. The third-order valence-corrected chi connectivity index (χ3v) is 5.60. The standard InChI is InChI=1S/C19H15Cl2N3O2S/c1-11-8-13(4-7-15(11)21)16(25)9-17-18(26)23-19(27-17)24-22-10-12-2-5-14(20)6-3-12/h2-8,10,17H,9H2,1H3,(H,23,24,26)/b22-10+. The molecule has 1 saturated heterocycles. The number of nitrogens with one attached hydrogen (secondary N) is 1. The van der Waals surface area contributed by atoms with Gasteiger partial charge in [0.15, 0.2) is 11.0 Å². The smallest absolute Gasteiger partial charge is 0.240 e. The number of aryl methyl sites for hydroxylation is 1. The third kappa shape index (κ3) is 5.19. The van der Waals surface area contributed by atoms with Crippen molar-refractivity contribution in [3.05, 3.63) is 69.2 Å². The molecule has 1 aliphatic heterocycles. The molecular formula is C19H15Cl2N3O2S. The van der Waals surface area contributed by atoms with Crippen molar-refractivity contribution in [3.63, 3.8) is 0 Å². The van der Waals surface area contributed by atoms with Crippen LogP contribution in [0.5, 0.6) is 0 Å². The number of Topliss-reactive ketones (excluding diaryl/α,β-unsaturated/α-hetero) is 1. The number of nitrogens with zero attached hydrogens (tertiary/aromatic N) is 2. The molecule has 138 valence electrons. The third-order valence-electron chi connectivity index (χ3n) is 3.85. The largest absolute Gasteiger partial charge is 0.303 e. The minimum absolute atomic E-state index is 0.0808. The molecule has 5 nitrogen and oxygen atoms in total. The summed E-state index contributed by atoms with van der Waals surface area (Å²) in [5.74, 6) is -0.368. The molecule has 1 aliphatic rings. The number of rotatable bonds is 5. The summed E-state index contributed by atoms with van der Waals surface area (Å²) in [6, 6.07) is 12.2. The lowest BCUT2D eigenvalue weighted by molar-refractivity contribution is -0.118. The molecular weight excluding hydrogens is 405 g/mol. The van der Waals surface area contributed by atoms with Crippen LogP contribution in [0.3, 0.4) is 0 Å². The molecule has 27 heavy (non-hydrogen) atoms. The Morgan fingerprint density at radius 1 is 1.22 bits per heavy atom. The molecule has 0 aromatic heterocycles. The second-order valence-corrected chi connectivity index (χ2v) is 7.92. The van der Waals surface area contributed by atoms with E-state index in [4.69, 9.17) is 23.2 Å². The van der Waals surface area contributed by atoms with E-state index < -0.39 is 5.25 Å². The summed E-state index contributed by atoms with van der Waals surface area (Å²) in [7, 11) is 0. The van der Waals surface area contributed by atoms with Crippen molar-refractivity contribution in [1.82, 2.24) is 5.32 Å². The van der Waals surface area contributed by atoms with E-state index in [9.17, 15) is 9.59 Å². The van der Waals surface area contributed by atoms with Crippen molar-refractivity contribution in [2.75, 3.05) is 0 Å². The maximum atomic E-state index is 12.4. The van der Waals surface area contributed by atoms with Gasteiger partial charge in [0.1, 0.15) is 0 Å². The molecule has 0 aliphatic carbocycles. The Morgan fingerprint density at radius 3 is 2.67 bits per heavy atom. The molecule has 1 fully saturated rings. The summed E-state index contributed by atoms with van der Waals surface area (Å²) < 4.78 is 0. The number of benzene rings is 2. The zero-order valence-electron chi connectivity index (χ0n) is 14.3. The fourth-order valence-electron chi connectivity index (χ4n) is 2.39. The SMILES string of the molecule is Cc1cc(C(=O)CC2S/C(=N\N=C\c3ccc(Cl)cc3)NC2=O)ccc1Cl. The summed E-state index contributed by atoms with van der Waals surface area (Å²) in [4.78, 5) is 24.5. The van der Waals surface area contributed by atoms with Crippen molar-refractivity contribution in [1.29, 1.82) is 0 Å². The molecule has 1 heterocycles. The number of amidine groups is 1. The molecule has 3 rings (SSSR count). The minimum atomic E-state index is -0.530.